The number of rotatable bonds is 2. The van der Waals surface area contributed by atoms with Crippen LogP contribution in [0.2, 0.25) is 0 Å². The average Bonchev–Trinajstić information content (AvgIpc) is 3.47. The SMILES string of the molecule is c1cnc2c(c1)ccc1ccc(-c3ccc(-c4c5ccccc5n5c4oc4ccccc45)cc3)nc12. The smallest absolute Gasteiger partial charge is 0.213 e. The molecule has 0 unspecified atom stereocenters. The molecule has 4 aromatic heterocycles. The lowest BCUT2D eigenvalue weighted by Crippen LogP contribution is -1.88. The first-order valence-electron chi connectivity index (χ1n) is 12.0. The predicted molar refractivity (Wildman–Crippen MR) is 146 cm³/mol. The van der Waals surface area contributed by atoms with Crippen LogP contribution in [0.4, 0.5) is 0 Å². The van der Waals surface area contributed by atoms with E-state index in [1.165, 1.54) is 5.39 Å². The molecule has 0 radical (unpaired) electrons. The highest BCUT2D eigenvalue weighted by Crippen LogP contribution is 2.39. The second kappa shape index (κ2) is 7.27. The molecular formula is C32H19N3O. The molecule has 0 saturated heterocycles. The molecule has 0 spiro atoms. The van der Waals surface area contributed by atoms with E-state index in [2.05, 4.69) is 100 Å². The fourth-order valence-corrected chi connectivity index (χ4v) is 5.36. The Kier molecular flexibility index (Phi) is 3.91. The van der Waals surface area contributed by atoms with Crippen molar-refractivity contribution in [2.45, 2.75) is 0 Å². The van der Waals surface area contributed by atoms with Gasteiger partial charge in [-0.1, -0.05) is 78.9 Å². The largest absolute Gasteiger partial charge is 0.438 e. The Morgan fingerprint density at radius 1 is 0.583 bits per heavy atom. The van der Waals surface area contributed by atoms with Gasteiger partial charge in [-0.05, 0) is 35.9 Å². The highest BCUT2D eigenvalue weighted by atomic mass is 16.3. The van der Waals surface area contributed by atoms with Crippen LogP contribution >= 0.6 is 0 Å². The van der Waals surface area contributed by atoms with Gasteiger partial charge in [-0.2, -0.15) is 0 Å². The molecule has 0 fully saturated rings. The third kappa shape index (κ3) is 2.70. The summed E-state index contributed by atoms with van der Waals surface area (Å²) in [4.78, 5) is 9.60. The molecule has 0 aliphatic heterocycles. The normalized spacial score (nSPS) is 11.9. The molecule has 8 aromatic rings. The number of nitrogens with zero attached hydrogens (tertiary/aromatic N) is 3. The van der Waals surface area contributed by atoms with E-state index in [-0.39, 0.29) is 0 Å². The number of hydrogen-bond acceptors (Lipinski definition) is 3. The molecule has 8 rings (SSSR count). The van der Waals surface area contributed by atoms with Gasteiger partial charge in [-0.15, -0.1) is 0 Å². The van der Waals surface area contributed by atoms with E-state index < -0.39 is 0 Å². The van der Waals surface area contributed by atoms with Crippen molar-refractivity contribution in [1.29, 1.82) is 0 Å². The summed E-state index contributed by atoms with van der Waals surface area (Å²) < 4.78 is 8.59. The molecular weight excluding hydrogens is 442 g/mol. The summed E-state index contributed by atoms with van der Waals surface area (Å²) in [5, 5.41) is 3.37. The lowest BCUT2D eigenvalue weighted by molar-refractivity contribution is 0.658. The summed E-state index contributed by atoms with van der Waals surface area (Å²) in [7, 11) is 0. The van der Waals surface area contributed by atoms with Crippen LogP contribution < -0.4 is 0 Å². The maximum absolute atomic E-state index is 6.37. The zero-order valence-electron chi connectivity index (χ0n) is 19.2. The van der Waals surface area contributed by atoms with E-state index in [0.29, 0.717) is 0 Å². The van der Waals surface area contributed by atoms with Gasteiger partial charge in [0.25, 0.3) is 0 Å². The first-order valence-corrected chi connectivity index (χ1v) is 12.0. The van der Waals surface area contributed by atoms with Gasteiger partial charge in [0.1, 0.15) is 0 Å². The molecule has 0 N–H and O–H groups in total. The van der Waals surface area contributed by atoms with Crippen molar-refractivity contribution in [3.05, 3.63) is 115 Å². The number of aromatic nitrogens is 3. The topological polar surface area (TPSA) is 43.3 Å². The van der Waals surface area contributed by atoms with Crippen molar-refractivity contribution in [3.8, 4) is 22.4 Å². The van der Waals surface area contributed by atoms with Gasteiger partial charge < -0.3 is 4.42 Å². The second-order valence-electron chi connectivity index (χ2n) is 9.09. The molecule has 4 nitrogen and oxygen atoms in total. The molecule has 0 saturated carbocycles. The quantitative estimate of drug-likeness (QED) is 0.243. The lowest BCUT2D eigenvalue weighted by Gasteiger charge is -2.07. The van der Waals surface area contributed by atoms with Crippen molar-refractivity contribution < 1.29 is 4.42 Å². The first kappa shape index (κ1) is 19.4. The molecule has 0 bridgehead atoms. The van der Waals surface area contributed by atoms with Crippen LogP contribution in [0.15, 0.2) is 120 Å². The monoisotopic (exact) mass is 461 g/mol. The number of oxazole rings is 1. The number of benzene rings is 4. The van der Waals surface area contributed by atoms with Crippen LogP contribution in [0.25, 0.3) is 71.9 Å². The standard InChI is InChI=1S/C32H19N3O/c1-2-8-26-24(7-1)29(32-35(26)27-9-3-4-10-28(27)36-32)21-13-11-20(12-14-21)25-18-17-23-16-15-22-6-5-19-33-30(22)31(23)34-25/h1-19H. The Hall–Kier alpha value is -4.96. The average molecular weight is 462 g/mol. The van der Waals surface area contributed by atoms with Crippen LogP contribution in [-0.4, -0.2) is 14.4 Å². The minimum atomic E-state index is 0.867. The van der Waals surface area contributed by atoms with Crippen molar-refractivity contribution >= 4 is 49.5 Å². The Morgan fingerprint density at radius 2 is 1.31 bits per heavy atom. The Labute approximate surface area is 206 Å². The van der Waals surface area contributed by atoms with Gasteiger partial charge >= 0.3 is 0 Å². The molecule has 4 heteroatoms. The Balaban J connectivity index is 1.30. The van der Waals surface area contributed by atoms with E-state index in [1.807, 2.05) is 24.4 Å². The maximum atomic E-state index is 6.37. The summed E-state index contributed by atoms with van der Waals surface area (Å²) in [6.45, 7) is 0. The molecule has 168 valence electrons. The highest BCUT2D eigenvalue weighted by molar-refractivity contribution is 6.07. The third-order valence-corrected chi connectivity index (χ3v) is 7.05. The fraction of sp³-hybridized carbons (Fsp3) is 0. The number of pyridine rings is 2. The van der Waals surface area contributed by atoms with Gasteiger partial charge in [0, 0.05) is 27.9 Å². The van der Waals surface area contributed by atoms with Crippen LogP contribution in [0.5, 0.6) is 0 Å². The van der Waals surface area contributed by atoms with Crippen molar-refractivity contribution in [2.24, 2.45) is 0 Å². The highest BCUT2D eigenvalue weighted by Gasteiger charge is 2.19. The number of hydrogen-bond donors (Lipinski definition) is 0. The maximum Gasteiger partial charge on any atom is 0.213 e. The van der Waals surface area contributed by atoms with Gasteiger partial charge in [-0.25, -0.2) is 4.98 Å². The van der Waals surface area contributed by atoms with E-state index in [0.717, 1.165) is 66.5 Å². The molecule has 4 heterocycles. The molecule has 4 aromatic carbocycles. The molecule has 0 amide bonds. The zero-order valence-corrected chi connectivity index (χ0v) is 19.2. The van der Waals surface area contributed by atoms with Crippen molar-refractivity contribution in [2.75, 3.05) is 0 Å². The van der Waals surface area contributed by atoms with Gasteiger partial charge in [0.2, 0.25) is 5.71 Å². The van der Waals surface area contributed by atoms with Gasteiger partial charge in [-0.3, -0.25) is 9.38 Å². The summed E-state index contributed by atoms with van der Waals surface area (Å²) in [5.41, 5.74) is 10.1. The Morgan fingerprint density at radius 3 is 2.19 bits per heavy atom. The van der Waals surface area contributed by atoms with E-state index >= 15 is 0 Å². The third-order valence-electron chi connectivity index (χ3n) is 7.05. The van der Waals surface area contributed by atoms with Gasteiger partial charge in [0.05, 0.1) is 33.3 Å². The van der Waals surface area contributed by atoms with Crippen molar-refractivity contribution in [3.63, 3.8) is 0 Å². The second-order valence-corrected chi connectivity index (χ2v) is 9.09. The molecule has 0 atom stereocenters. The fourth-order valence-electron chi connectivity index (χ4n) is 5.36. The van der Waals surface area contributed by atoms with Gasteiger partial charge in [0.15, 0.2) is 5.58 Å². The van der Waals surface area contributed by atoms with Crippen LogP contribution in [0, 0.1) is 0 Å². The minimum absolute atomic E-state index is 0.867. The first-order chi connectivity index (χ1) is 17.8. The number of para-hydroxylation sites is 3. The van der Waals surface area contributed by atoms with Crippen LogP contribution in [0.1, 0.15) is 0 Å². The van der Waals surface area contributed by atoms with E-state index in [9.17, 15) is 0 Å². The summed E-state index contributed by atoms with van der Waals surface area (Å²) >= 11 is 0. The summed E-state index contributed by atoms with van der Waals surface area (Å²) in [5.74, 6) is 0. The van der Waals surface area contributed by atoms with Crippen molar-refractivity contribution in [1.82, 2.24) is 14.4 Å². The van der Waals surface area contributed by atoms with E-state index in [1.54, 1.807) is 0 Å². The van der Waals surface area contributed by atoms with Crippen LogP contribution in [-0.2, 0) is 0 Å². The predicted octanol–water partition coefficient (Wildman–Crippen LogP) is 8.27. The Bertz CT molecular complexity index is 2100. The zero-order chi connectivity index (χ0) is 23.6. The van der Waals surface area contributed by atoms with E-state index in [4.69, 9.17) is 9.40 Å². The molecule has 36 heavy (non-hydrogen) atoms. The lowest BCUT2D eigenvalue weighted by atomic mass is 10.0. The summed E-state index contributed by atoms with van der Waals surface area (Å²) in [6.07, 6.45) is 1.83. The molecule has 0 aliphatic carbocycles. The summed E-state index contributed by atoms with van der Waals surface area (Å²) in [6, 6.07) is 37.7. The minimum Gasteiger partial charge on any atom is -0.438 e. The molecule has 0 aliphatic rings. The number of fused-ring (bicyclic) bond motifs is 8. The van der Waals surface area contributed by atoms with Crippen LogP contribution in [0.3, 0.4) is 0 Å².